The number of carbonyl (C=O) groups excluding carboxylic acids is 1. The maximum Gasteiger partial charge on any atom is 0.201 e. The van der Waals surface area contributed by atoms with E-state index >= 15 is 0 Å². The van der Waals surface area contributed by atoms with Crippen molar-refractivity contribution in [3.05, 3.63) is 10.6 Å². The predicted octanol–water partition coefficient (Wildman–Crippen LogP) is 3.01. The van der Waals surface area contributed by atoms with Gasteiger partial charge < -0.3 is 9.16 Å². The van der Waals surface area contributed by atoms with Gasteiger partial charge >= 0.3 is 0 Å². The Hall–Kier alpha value is 0.0269. The molecule has 2 aliphatic rings. The maximum atomic E-state index is 11.6. The smallest absolute Gasteiger partial charge is 0.201 e. The molecule has 0 spiro atoms. The Bertz CT molecular complexity index is 384. The molecule has 96 valence electrons. The van der Waals surface area contributed by atoms with Gasteiger partial charge in [-0.25, -0.2) is 0 Å². The first-order chi connectivity index (χ1) is 7.63. The topological polar surface area (TPSA) is 38.8 Å². The molecule has 0 N–H and O–H groups in total. The van der Waals surface area contributed by atoms with Crippen molar-refractivity contribution in [2.75, 3.05) is 0 Å². The lowest BCUT2D eigenvalue weighted by atomic mass is 10.0. The summed E-state index contributed by atoms with van der Waals surface area (Å²) in [5, 5.41) is 0.166. The lowest BCUT2D eigenvalue weighted by Crippen LogP contribution is -2.46. The summed E-state index contributed by atoms with van der Waals surface area (Å²) in [4.78, 5) is 11.6. The molecule has 3 nitrogen and oxygen atoms in total. The zero-order valence-corrected chi connectivity index (χ0v) is 13.5. The lowest BCUT2D eigenvalue weighted by molar-refractivity contribution is -0.116. The van der Waals surface area contributed by atoms with Crippen LogP contribution in [0.2, 0.25) is 18.1 Å². The fraction of sp³-hybridized carbons (Fsp3) is 0.750. The van der Waals surface area contributed by atoms with E-state index in [1.165, 1.54) is 0 Å². The number of hydrogen-bond acceptors (Lipinski definition) is 3. The van der Waals surface area contributed by atoms with Crippen LogP contribution in [0.15, 0.2) is 10.6 Å². The first-order valence-corrected chi connectivity index (χ1v) is 9.58. The van der Waals surface area contributed by atoms with Gasteiger partial charge in [-0.15, -0.1) is 0 Å². The van der Waals surface area contributed by atoms with E-state index < -0.39 is 8.32 Å². The minimum Gasteiger partial charge on any atom is -0.408 e. The van der Waals surface area contributed by atoms with Gasteiger partial charge in [0.15, 0.2) is 14.4 Å². The molecule has 0 aromatic rings. The summed E-state index contributed by atoms with van der Waals surface area (Å²) in [6.07, 6.45) is 1.45. The third-order valence-electron chi connectivity index (χ3n) is 3.89. The van der Waals surface area contributed by atoms with E-state index in [1.807, 2.05) is 6.08 Å². The minimum atomic E-state index is -1.82. The summed E-state index contributed by atoms with van der Waals surface area (Å²) in [5.41, 5.74) is 0. The molecule has 17 heavy (non-hydrogen) atoms. The zero-order valence-electron chi connectivity index (χ0n) is 10.9. The Labute approximate surface area is 112 Å². The fourth-order valence-corrected chi connectivity index (χ4v) is 3.38. The molecule has 0 radical (unpaired) electrons. The Morgan fingerprint density at radius 3 is 2.53 bits per heavy atom. The molecular weight excluding hydrogens is 300 g/mol. The van der Waals surface area contributed by atoms with Gasteiger partial charge in [0, 0.05) is 0 Å². The van der Waals surface area contributed by atoms with E-state index in [4.69, 9.17) is 9.16 Å². The van der Waals surface area contributed by atoms with Crippen LogP contribution in [0.3, 0.4) is 0 Å². The van der Waals surface area contributed by atoms with Crippen molar-refractivity contribution in [2.45, 2.75) is 57.2 Å². The van der Waals surface area contributed by atoms with E-state index in [1.54, 1.807) is 0 Å². The van der Waals surface area contributed by atoms with E-state index in [-0.39, 0.29) is 29.1 Å². The molecule has 1 heterocycles. The van der Waals surface area contributed by atoms with Crippen molar-refractivity contribution in [3.63, 3.8) is 0 Å². The highest BCUT2D eigenvalue weighted by Crippen LogP contribution is 2.43. The number of hydrogen-bond donors (Lipinski definition) is 0. The lowest BCUT2D eigenvalue weighted by Gasteiger charge is -2.38. The van der Waals surface area contributed by atoms with Gasteiger partial charge in [0.05, 0.1) is 10.6 Å². The van der Waals surface area contributed by atoms with Crippen LogP contribution in [0.4, 0.5) is 0 Å². The Kier molecular flexibility index (Phi) is 3.18. The number of halogens is 1. The number of epoxide rings is 1. The number of fused-ring (bicyclic) bond motifs is 1. The third kappa shape index (κ3) is 2.43. The minimum absolute atomic E-state index is 0.0464. The Morgan fingerprint density at radius 1 is 1.41 bits per heavy atom. The van der Waals surface area contributed by atoms with Crippen LogP contribution in [0.25, 0.3) is 0 Å². The molecule has 5 heteroatoms. The number of ether oxygens (including phenoxy) is 1. The highest BCUT2D eigenvalue weighted by Gasteiger charge is 2.55. The first kappa shape index (κ1) is 13.5. The number of ketones is 1. The molecule has 0 unspecified atom stereocenters. The molecule has 2 rings (SSSR count). The maximum absolute atomic E-state index is 11.6. The van der Waals surface area contributed by atoms with Gasteiger partial charge in [0.25, 0.3) is 0 Å². The molecule has 0 aromatic heterocycles. The molecule has 0 aromatic carbocycles. The van der Waals surface area contributed by atoms with Gasteiger partial charge in [-0.2, -0.15) is 0 Å². The van der Waals surface area contributed by atoms with Crippen LogP contribution in [-0.4, -0.2) is 32.4 Å². The van der Waals surface area contributed by atoms with Crippen LogP contribution in [0.1, 0.15) is 20.8 Å². The van der Waals surface area contributed by atoms with Crippen molar-refractivity contribution >= 4 is 30.0 Å². The normalized spacial score (nSPS) is 33.2. The van der Waals surface area contributed by atoms with E-state index in [0.29, 0.717) is 4.48 Å². The van der Waals surface area contributed by atoms with Crippen molar-refractivity contribution in [3.8, 4) is 0 Å². The quantitative estimate of drug-likeness (QED) is 0.580. The zero-order chi connectivity index (χ0) is 13.0. The summed E-state index contributed by atoms with van der Waals surface area (Å²) in [5.74, 6) is 0.0464. The fourth-order valence-electron chi connectivity index (χ4n) is 1.66. The van der Waals surface area contributed by atoms with Crippen LogP contribution < -0.4 is 0 Å². The molecule has 0 bridgehead atoms. The monoisotopic (exact) mass is 318 g/mol. The van der Waals surface area contributed by atoms with Gasteiger partial charge in [-0.05, 0) is 40.1 Å². The Morgan fingerprint density at radius 2 is 2.00 bits per heavy atom. The Balaban J connectivity index is 2.13. The average Bonchev–Trinajstić information content (AvgIpc) is 2.91. The van der Waals surface area contributed by atoms with Gasteiger partial charge in [0.1, 0.15) is 6.10 Å². The first-order valence-electron chi connectivity index (χ1n) is 5.88. The van der Waals surface area contributed by atoms with Crippen molar-refractivity contribution in [1.82, 2.24) is 0 Å². The van der Waals surface area contributed by atoms with Gasteiger partial charge in [-0.3, -0.25) is 4.79 Å². The third-order valence-corrected chi connectivity index (χ3v) is 9.02. The van der Waals surface area contributed by atoms with E-state index in [2.05, 4.69) is 49.8 Å². The second kappa shape index (κ2) is 4.01. The van der Waals surface area contributed by atoms with Gasteiger partial charge in [0.2, 0.25) is 5.78 Å². The molecule has 0 saturated carbocycles. The predicted molar refractivity (Wildman–Crippen MR) is 72.7 cm³/mol. The average molecular weight is 319 g/mol. The van der Waals surface area contributed by atoms with E-state index in [9.17, 15) is 4.79 Å². The molecule has 1 aliphatic heterocycles. The SMILES string of the molecule is CC(C)(C)[Si](C)(C)O[C@@H]1C=C(Br)C(=O)[C@H]2O[C@H]21. The van der Waals surface area contributed by atoms with Crippen molar-refractivity contribution in [1.29, 1.82) is 0 Å². The van der Waals surface area contributed by atoms with Crippen molar-refractivity contribution < 1.29 is 14.0 Å². The van der Waals surface area contributed by atoms with Crippen LogP contribution in [-0.2, 0) is 14.0 Å². The number of carbonyl (C=O) groups is 1. The molecule has 1 aliphatic carbocycles. The molecule has 3 atom stereocenters. The number of Topliss-reactive ketones (excluding diaryl/α,β-unsaturated/α-hetero) is 1. The molecular formula is C12H19BrO3Si. The molecule has 0 amide bonds. The summed E-state index contributed by atoms with van der Waals surface area (Å²) >= 11 is 3.29. The summed E-state index contributed by atoms with van der Waals surface area (Å²) in [6.45, 7) is 11.0. The highest BCUT2D eigenvalue weighted by molar-refractivity contribution is 9.12. The van der Waals surface area contributed by atoms with Crippen LogP contribution in [0.5, 0.6) is 0 Å². The molecule has 1 saturated heterocycles. The van der Waals surface area contributed by atoms with Crippen LogP contribution in [0, 0.1) is 0 Å². The number of rotatable bonds is 2. The highest BCUT2D eigenvalue weighted by atomic mass is 79.9. The van der Waals surface area contributed by atoms with Crippen molar-refractivity contribution in [2.24, 2.45) is 0 Å². The second-order valence-electron chi connectivity index (χ2n) is 6.24. The summed E-state index contributed by atoms with van der Waals surface area (Å²) in [7, 11) is -1.82. The van der Waals surface area contributed by atoms with Gasteiger partial charge in [-0.1, -0.05) is 20.8 Å². The largest absolute Gasteiger partial charge is 0.408 e. The van der Waals surface area contributed by atoms with Crippen LogP contribution >= 0.6 is 15.9 Å². The standard InChI is InChI=1S/C12H19BrO3Si/c1-12(2,3)17(4,5)16-8-6-7(13)9(14)11-10(8)15-11/h6,8,10-11H,1-5H3/t8-,10+,11-/m1/s1. The van der Waals surface area contributed by atoms with E-state index in [0.717, 1.165) is 0 Å². The molecule has 1 fully saturated rings. The summed E-state index contributed by atoms with van der Waals surface area (Å²) < 4.78 is 12.3. The second-order valence-corrected chi connectivity index (χ2v) is 11.9. The summed E-state index contributed by atoms with van der Waals surface area (Å²) in [6, 6.07) is 0.